The molecular weight excluding hydrogens is 118 g/mol. The van der Waals surface area contributed by atoms with E-state index in [1.54, 1.807) is 0 Å². The predicted molar refractivity (Wildman–Crippen MR) is 33.3 cm³/mol. The van der Waals surface area contributed by atoms with E-state index in [0.717, 1.165) is 26.0 Å². The first-order valence-corrected chi connectivity index (χ1v) is 3.19. The topological polar surface area (TPSA) is 38.3 Å². The number of carbonyl (C=O) groups is 1. The van der Waals surface area contributed by atoms with Gasteiger partial charge in [0.05, 0.1) is 12.7 Å². The fraction of sp³-hybridized carbons (Fsp3) is 0.833. The fourth-order valence-corrected chi connectivity index (χ4v) is 0.878. The van der Waals surface area contributed by atoms with Crippen LogP contribution in [0, 0.1) is 0 Å². The molecule has 0 amide bonds. The Balaban J connectivity index is 2.15. The highest BCUT2D eigenvalue weighted by atomic mass is 16.5. The molecule has 1 rings (SSSR count). The van der Waals surface area contributed by atoms with Crippen molar-refractivity contribution in [1.29, 1.82) is 0 Å². The number of ether oxygens (including phenoxy) is 1. The molecule has 1 N–H and O–H groups in total. The Morgan fingerprint density at radius 2 is 2.67 bits per heavy atom. The summed E-state index contributed by atoms with van der Waals surface area (Å²) in [4.78, 5) is 9.97. The average Bonchev–Trinajstić information content (AvgIpc) is 1.91. The maximum absolute atomic E-state index is 9.97. The zero-order valence-electron chi connectivity index (χ0n) is 5.30. The van der Waals surface area contributed by atoms with Crippen LogP contribution in [0.3, 0.4) is 0 Å². The maximum Gasteiger partial charge on any atom is 0.122 e. The van der Waals surface area contributed by atoms with E-state index in [-0.39, 0.29) is 6.10 Å². The van der Waals surface area contributed by atoms with Crippen molar-refractivity contribution in [3.8, 4) is 0 Å². The molecule has 1 saturated heterocycles. The maximum atomic E-state index is 9.97. The van der Waals surface area contributed by atoms with Crippen LogP contribution in [0.4, 0.5) is 0 Å². The molecule has 1 fully saturated rings. The van der Waals surface area contributed by atoms with Gasteiger partial charge in [-0.05, 0) is 0 Å². The quantitative estimate of drug-likeness (QED) is 0.514. The van der Waals surface area contributed by atoms with E-state index in [4.69, 9.17) is 4.74 Å². The Bertz CT molecular complexity index is 89.1. The van der Waals surface area contributed by atoms with Crippen molar-refractivity contribution in [3.63, 3.8) is 0 Å². The van der Waals surface area contributed by atoms with Gasteiger partial charge in [-0.2, -0.15) is 0 Å². The first-order valence-electron chi connectivity index (χ1n) is 3.19. The number of aldehydes is 1. The van der Waals surface area contributed by atoms with Gasteiger partial charge in [0.1, 0.15) is 6.29 Å². The molecule has 0 aliphatic carbocycles. The standard InChI is InChI=1S/C6H11NO2/c8-3-1-6-5-7-2-4-9-6/h3,6-7H,1-2,4-5H2/t6-/m0/s1. The highest BCUT2D eigenvalue weighted by molar-refractivity contribution is 5.50. The van der Waals surface area contributed by atoms with Gasteiger partial charge in [0.15, 0.2) is 0 Å². The predicted octanol–water partition coefficient (Wildman–Crippen LogP) is -0.436. The Morgan fingerprint density at radius 3 is 3.22 bits per heavy atom. The van der Waals surface area contributed by atoms with Crippen molar-refractivity contribution in [2.24, 2.45) is 0 Å². The van der Waals surface area contributed by atoms with Crippen LogP contribution in [-0.2, 0) is 9.53 Å². The van der Waals surface area contributed by atoms with Gasteiger partial charge in [0.2, 0.25) is 0 Å². The minimum atomic E-state index is 0.122. The van der Waals surface area contributed by atoms with Gasteiger partial charge in [-0.25, -0.2) is 0 Å². The monoisotopic (exact) mass is 129 g/mol. The molecule has 0 aromatic rings. The Kier molecular flexibility index (Phi) is 2.67. The van der Waals surface area contributed by atoms with Crippen LogP contribution in [0.15, 0.2) is 0 Å². The summed E-state index contributed by atoms with van der Waals surface area (Å²) in [6.45, 7) is 2.46. The minimum absolute atomic E-state index is 0.122. The fourth-order valence-electron chi connectivity index (χ4n) is 0.878. The molecule has 1 atom stereocenters. The summed E-state index contributed by atoms with van der Waals surface area (Å²) in [5.74, 6) is 0. The van der Waals surface area contributed by atoms with E-state index in [0.29, 0.717) is 6.42 Å². The molecule has 1 aliphatic rings. The van der Waals surface area contributed by atoms with Gasteiger partial charge in [-0.3, -0.25) is 0 Å². The smallest absolute Gasteiger partial charge is 0.122 e. The molecule has 0 bridgehead atoms. The Morgan fingerprint density at radius 1 is 1.78 bits per heavy atom. The third kappa shape index (κ3) is 2.11. The lowest BCUT2D eigenvalue weighted by molar-refractivity contribution is -0.110. The third-order valence-corrected chi connectivity index (χ3v) is 1.36. The van der Waals surface area contributed by atoms with E-state index in [9.17, 15) is 4.79 Å². The summed E-state index contributed by atoms with van der Waals surface area (Å²) < 4.78 is 5.22. The van der Waals surface area contributed by atoms with Crippen LogP contribution in [-0.4, -0.2) is 32.1 Å². The summed E-state index contributed by atoms with van der Waals surface area (Å²) in [6.07, 6.45) is 1.54. The van der Waals surface area contributed by atoms with Gasteiger partial charge in [0, 0.05) is 19.5 Å². The van der Waals surface area contributed by atoms with E-state index in [1.165, 1.54) is 0 Å². The molecule has 52 valence electrons. The molecule has 0 aromatic heterocycles. The van der Waals surface area contributed by atoms with E-state index < -0.39 is 0 Å². The largest absolute Gasteiger partial charge is 0.375 e. The van der Waals surface area contributed by atoms with E-state index in [2.05, 4.69) is 5.32 Å². The summed E-state index contributed by atoms with van der Waals surface area (Å²) >= 11 is 0. The number of nitrogens with one attached hydrogen (secondary N) is 1. The van der Waals surface area contributed by atoms with Gasteiger partial charge < -0.3 is 14.8 Å². The van der Waals surface area contributed by atoms with Gasteiger partial charge in [-0.1, -0.05) is 0 Å². The Hall–Kier alpha value is -0.410. The van der Waals surface area contributed by atoms with Gasteiger partial charge >= 0.3 is 0 Å². The molecule has 0 unspecified atom stereocenters. The molecule has 3 heteroatoms. The zero-order chi connectivity index (χ0) is 6.53. The second kappa shape index (κ2) is 3.58. The third-order valence-electron chi connectivity index (χ3n) is 1.36. The van der Waals surface area contributed by atoms with Crippen LogP contribution >= 0.6 is 0 Å². The molecule has 3 nitrogen and oxygen atoms in total. The SMILES string of the molecule is O=CC[C@H]1CNCCO1. The van der Waals surface area contributed by atoms with Crippen LogP contribution in [0.25, 0.3) is 0 Å². The lowest BCUT2D eigenvalue weighted by atomic mass is 10.2. The lowest BCUT2D eigenvalue weighted by Gasteiger charge is -2.21. The summed E-state index contributed by atoms with van der Waals surface area (Å²) in [6, 6.07) is 0. The number of hydrogen-bond donors (Lipinski definition) is 1. The first kappa shape index (κ1) is 6.71. The van der Waals surface area contributed by atoms with Crippen molar-refractivity contribution in [1.82, 2.24) is 5.32 Å². The average molecular weight is 129 g/mol. The van der Waals surface area contributed by atoms with Crippen LogP contribution in [0.1, 0.15) is 6.42 Å². The summed E-state index contributed by atoms with van der Waals surface area (Å²) in [5.41, 5.74) is 0. The lowest BCUT2D eigenvalue weighted by Crippen LogP contribution is -2.38. The van der Waals surface area contributed by atoms with E-state index >= 15 is 0 Å². The molecule has 0 aromatic carbocycles. The highest BCUT2D eigenvalue weighted by Gasteiger charge is 2.11. The number of carbonyl (C=O) groups excluding carboxylic acids is 1. The van der Waals surface area contributed by atoms with Crippen molar-refractivity contribution in [3.05, 3.63) is 0 Å². The van der Waals surface area contributed by atoms with Crippen molar-refractivity contribution in [2.45, 2.75) is 12.5 Å². The van der Waals surface area contributed by atoms with E-state index in [1.807, 2.05) is 0 Å². The molecule has 1 heterocycles. The first-order chi connectivity index (χ1) is 4.43. The molecule has 9 heavy (non-hydrogen) atoms. The minimum Gasteiger partial charge on any atom is -0.375 e. The molecule has 0 saturated carbocycles. The van der Waals surface area contributed by atoms with Crippen LogP contribution in [0.5, 0.6) is 0 Å². The van der Waals surface area contributed by atoms with Gasteiger partial charge in [0.25, 0.3) is 0 Å². The van der Waals surface area contributed by atoms with Crippen molar-refractivity contribution >= 4 is 6.29 Å². The zero-order valence-corrected chi connectivity index (χ0v) is 5.30. The van der Waals surface area contributed by atoms with Crippen molar-refractivity contribution in [2.75, 3.05) is 19.7 Å². The van der Waals surface area contributed by atoms with Crippen LogP contribution < -0.4 is 5.32 Å². The second-order valence-corrected chi connectivity index (χ2v) is 2.10. The number of morpholine rings is 1. The summed E-state index contributed by atoms with van der Waals surface area (Å²) in [5, 5.41) is 3.14. The normalized spacial score (nSPS) is 27.8. The van der Waals surface area contributed by atoms with Crippen molar-refractivity contribution < 1.29 is 9.53 Å². The molecule has 0 spiro atoms. The molecular formula is C6H11NO2. The summed E-state index contributed by atoms with van der Waals surface area (Å²) in [7, 11) is 0. The highest BCUT2D eigenvalue weighted by Crippen LogP contribution is 1.97. The Labute approximate surface area is 54.4 Å². The molecule has 0 radical (unpaired) electrons. The van der Waals surface area contributed by atoms with Crippen LogP contribution in [0.2, 0.25) is 0 Å². The van der Waals surface area contributed by atoms with Gasteiger partial charge in [-0.15, -0.1) is 0 Å². The number of rotatable bonds is 2. The molecule has 1 aliphatic heterocycles. The number of hydrogen-bond acceptors (Lipinski definition) is 3. The second-order valence-electron chi connectivity index (χ2n) is 2.10.